The molecule has 1 N–H and O–H groups in total. The molecule has 19 heavy (non-hydrogen) atoms. The summed E-state index contributed by atoms with van der Waals surface area (Å²) in [5.41, 5.74) is 1.53. The lowest BCUT2D eigenvalue weighted by atomic mass is 9.83. The molecular formula is C17H29NS. The van der Waals surface area contributed by atoms with E-state index in [1.807, 2.05) is 11.3 Å². The van der Waals surface area contributed by atoms with E-state index in [-0.39, 0.29) is 0 Å². The van der Waals surface area contributed by atoms with Crippen LogP contribution >= 0.6 is 11.3 Å². The van der Waals surface area contributed by atoms with Gasteiger partial charge < -0.3 is 5.32 Å². The fourth-order valence-electron chi connectivity index (χ4n) is 3.41. The third-order valence-corrected chi connectivity index (χ3v) is 5.24. The first kappa shape index (κ1) is 15.1. The van der Waals surface area contributed by atoms with Gasteiger partial charge in [-0.25, -0.2) is 0 Å². The fraction of sp³-hybridized carbons (Fsp3) is 0.765. The van der Waals surface area contributed by atoms with Crippen LogP contribution in [0.25, 0.3) is 0 Å². The van der Waals surface area contributed by atoms with Gasteiger partial charge >= 0.3 is 0 Å². The molecule has 0 radical (unpaired) electrons. The first-order valence-electron chi connectivity index (χ1n) is 8.14. The number of nitrogens with one attached hydrogen (secondary N) is 1. The Morgan fingerprint density at radius 3 is 2.58 bits per heavy atom. The second-order valence-electron chi connectivity index (χ2n) is 5.94. The third kappa shape index (κ3) is 5.27. The number of thiophene rings is 1. The summed E-state index contributed by atoms with van der Waals surface area (Å²) in [6.45, 7) is 3.37. The van der Waals surface area contributed by atoms with Gasteiger partial charge in [0.1, 0.15) is 0 Å². The highest BCUT2D eigenvalue weighted by atomic mass is 32.1. The van der Waals surface area contributed by atoms with Gasteiger partial charge in [-0.2, -0.15) is 11.3 Å². The Morgan fingerprint density at radius 2 is 1.95 bits per heavy atom. The molecule has 1 aliphatic rings. The molecule has 0 bridgehead atoms. The molecule has 1 fully saturated rings. The van der Waals surface area contributed by atoms with Gasteiger partial charge in [0, 0.05) is 6.04 Å². The molecule has 1 saturated carbocycles. The van der Waals surface area contributed by atoms with Crippen molar-refractivity contribution in [2.45, 2.75) is 70.8 Å². The SMILES string of the molecule is CCNC(CCc1ccsc1)C1CCCCCCC1. The second-order valence-corrected chi connectivity index (χ2v) is 6.72. The van der Waals surface area contributed by atoms with Crippen LogP contribution in [-0.4, -0.2) is 12.6 Å². The molecular weight excluding hydrogens is 250 g/mol. The largest absolute Gasteiger partial charge is 0.314 e. The highest BCUT2D eigenvalue weighted by Crippen LogP contribution is 2.27. The van der Waals surface area contributed by atoms with Gasteiger partial charge in [0.15, 0.2) is 0 Å². The van der Waals surface area contributed by atoms with Crippen molar-refractivity contribution >= 4 is 11.3 Å². The number of aryl methyl sites for hydroxylation is 1. The minimum Gasteiger partial charge on any atom is -0.314 e. The molecule has 0 spiro atoms. The zero-order valence-corrected chi connectivity index (χ0v) is 13.2. The maximum atomic E-state index is 3.77. The summed E-state index contributed by atoms with van der Waals surface area (Å²) in [5.74, 6) is 0.916. The molecule has 0 aliphatic heterocycles. The monoisotopic (exact) mass is 279 g/mol. The lowest BCUT2D eigenvalue weighted by Gasteiger charge is -2.29. The van der Waals surface area contributed by atoms with Crippen LogP contribution < -0.4 is 5.32 Å². The van der Waals surface area contributed by atoms with Gasteiger partial charge in [0.25, 0.3) is 0 Å². The van der Waals surface area contributed by atoms with Crippen molar-refractivity contribution in [3.8, 4) is 0 Å². The van der Waals surface area contributed by atoms with E-state index in [0.29, 0.717) is 0 Å². The standard InChI is InChI=1S/C17H29NS/c1-2-18-17(11-10-15-12-13-19-14-15)16-8-6-4-3-5-7-9-16/h12-14,16-18H,2-11H2,1H3. The molecule has 1 aromatic rings. The van der Waals surface area contributed by atoms with Gasteiger partial charge in [-0.1, -0.05) is 39.0 Å². The summed E-state index contributed by atoms with van der Waals surface area (Å²) in [5, 5.41) is 8.27. The van der Waals surface area contributed by atoms with Crippen molar-refractivity contribution in [2.75, 3.05) is 6.54 Å². The lowest BCUT2D eigenvalue weighted by molar-refractivity contribution is 0.276. The third-order valence-electron chi connectivity index (χ3n) is 4.51. The van der Waals surface area contributed by atoms with Crippen LogP contribution in [0.2, 0.25) is 0 Å². The predicted molar refractivity (Wildman–Crippen MR) is 85.9 cm³/mol. The summed E-state index contributed by atoms with van der Waals surface area (Å²) in [6, 6.07) is 3.02. The van der Waals surface area contributed by atoms with E-state index in [1.54, 1.807) is 0 Å². The van der Waals surface area contributed by atoms with Gasteiger partial charge in [-0.05, 0) is 60.5 Å². The first-order valence-corrected chi connectivity index (χ1v) is 9.09. The Hall–Kier alpha value is -0.340. The van der Waals surface area contributed by atoms with Crippen LogP contribution in [0.15, 0.2) is 16.8 Å². The normalized spacial score (nSPS) is 19.8. The molecule has 0 aromatic carbocycles. The Labute approximate surface area is 122 Å². The van der Waals surface area contributed by atoms with Crippen molar-refractivity contribution in [2.24, 2.45) is 5.92 Å². The summed E-state index contributed by atoms with van der Waals surface area (Å²) in [7, 11) is 0. The molecule has 1 heterocycles. The zero-order chi connectivity index (χ0) is 13.3. The molecule has 1 unspecified atom stereocenters. The predicted octanol–water partition coefficient (Wildman–Crippen LogP) is 5.02. The Morgan fingerprint density at radius 1 is 1.21 bits per heavy atom. The summed E-state index contributed by atoms with van der Waals surface area (Å²) < 4.78 is 0. The lowest BCUT2D eigenvalue weighted by Crippen LogP contribution is -2.37. The van der Waals surface area contributed by atoms with Crippen molar-refractivity contribution in [1.29, 1.82) is 0 Å². The second kappa shape index (κ2) is 8.76. The summed E-state index contributed by atoms with van der Waals surface area (Å²) in [6.07, 6.45) is 12.7. The Kier molecular flexibility index (Phi) is 6.94. The fourth-order valence-corrected chi connectivity index (χ4v) is 4.12. The molecule has 2 heteroatoms. The number of hydrogen-bond acceptors (Lipinski definition) is 2. The number of rotatable bonds is 6. The van der Waals surface area contributed by atoms with Gasteiger partial charge in [-0.15, -0.1) is 0 Å². The highest BCUT2D eigenvalue weighted by molar-refractivity contribution is 7.07. The molecule has 1 aliphatic carbocycles. The van der Waals surface area contributed by atoms with Crippen molar-refractivity contribution in [3.63, 3.8) is 0 Å². The highest BCUT2D eigenvalue weighted by Gasteiger charge is 2.21. The Bertz CT molecular complexity index is 312. The van der Waals surface area contributed by atoms with Crippen LogP contribution in [0.1, 0.15) is 63.9 Å². The topological polar surface area (TPSA) is 12.0 Å². The maximum Gasteiger partial charge on any atom is 0.00983 e. The molecule has 1 aromatic heterocycles. The van der Waals surface area contributed by atoms with Crippen LogP contribution in [0, 0.1) is 5.92 Å². The Balaban J connectivity index is 1.85. The van der Waals surface area contributed by atoms with Crippen LogP contribution in [-0.2, 0) is 6.42 Å². The van der Waals surface area contributed by atoms with E-state index < -0.39 is 0 Å². The van der Waals surface area contributed by atoms with E-state index in [1.165, 1.54) is 63.4 Å². The van der Waals surface area contributed by atoms with Crippen LogP contribution in [0.3, 0.4) is 0 Å². The minimum absolute atomic E-state index is 0.739. The van der Waals surface area contributed by atoms with Crippen LogP contribution in [0.4, 0.5) is 0 Å². The van der Waals surface area contributed by atoms with Gasteiger partial charge in [0.2, 0.25) is 0 Å². The minimum atomic E-state index is 0.739. The quantitative estimate of drug-likeness (QED) is 0.771. The van der Waals surface area contributed by atoms with E-state index in [4.69, 9.17) is 0 Å². The summed E-state index contributed by atoms with van der Waals surface area (Å²) >= 11 is 1.83. The van der Waals surface area contributed by atoms with E-state index >= 15 is 0 Å². The molecule has 1 nitrogen and oxygen atoms in total. The van der Waals surface area contributed by atoms with E-state index in [0.717, 1.165) is 18.5 Å². The molecule has 2 rings (SSSR count). The first-order chi connectivity index (χ1) is 9.40. The molecule has 1 atom stereocenters. The maximum absolute atomic E-state index is 3.77. The average molecular weight is 279 g/mol. The summed E-state index contributed by atoms with van der Waals surface area (Å²) in [4.78, 5) is 0. The van der Waals surface area contributed by atoms with Crippen LogP contribution in [0.5, 0.6) is 0 Å². The van der Waals surface area contributed by atoms with Crippen molar-refractivity contribution in [1.82, 2.24) is 5.32 Å². The molecule has 0 saturated heterocycles. The van der Waals surface area contributed by atoms with Gasteiger partial charge in [-0.3, -0.25) is 0 Å². The molecule has 108 valence electrons. The van der Waals surface area contributed by atoms with Gasteiger partial charge in [0.05, 0.1) is 0 Å². The van der Waals surface area contributed by atoms with Crippen molar-refractivity contribution < 1.29 is 0 Å². The zero-order valence-electron chi connectivity index (χ0n) is 12.4. The van der Waals surface area contributed by atoms with Crippen molar-refractivity contribution in [3.05, 3.63) is 22.4 Å². The van der Waals surface area contributed by atoms with E-state index in [2.05, 4.69) is 29.1 Å². The number of hydrogen-bond donors (Lipinski definition) is 1. The average Bonchev–Trinajstić information content (AvgIpc) is 2.88. The smallest absolute Gasteiger partial charge is 0.00983 e. The van der Waals surface area contributed by atoms with E-state index in [9.17, 15) is 0 Å². The molecule has 0 amide bonds.